The molecule has 0 aliphatic carbocycles. The van der Waals surface area contributed by atoms with E-state index in [1.165, 1.54) is 5.56 Å². The Bertz CT molecular complexity index is 902. The third-order valence-electron chi connectivity index (χ3n) is 5.13. The van der Waals surface area contributed by atoms with Gasteiger partial charge in [-0.15, -0.1) is 0 Å². The molecule has 0 saturated carbocycles. The van der Waals surface area contributed by atoms with Gasteiger partial charge in [0.2, 0.25) is 0 Å². The maximum Gasteiger partial charge on any atom is 0.257 e. The number of carbonyl (C=O) groups excluding carboxylic acids is 1. The fraction of sp³-hybridized carbons (Fsp3) is 0.320. The van der Waals surface area contributed by atoms with Crippen molar-refractivity contribution in [1.82, 2.24) is 9.47 Å². The zero-order chi connectivity index (χ0) is 20.5. The van der Waals surface area contributed by atoms with E-state index in [1.54, 1.807) is 7.11 Å². The van der Waals surface area contributed by atoms with Gasteiger partial charge < -0.3 is 14.2 Å². The van der Waals surface area contributed by atoms with Gasteiger partial charge in [-0.3, -0.25) is 4.79 Å². The number of carbonyl (C=O) groups is 1. The molecule has 3 rings (SSSR count). The van der Waals surface area contributed by atoms with E-state index in [0.29, 0.717) is 17.9 Å². The van der Waals surface area contributed by atoms with Crippen LogP contribution < -0.4 is 4.74 Å². The molecule has 0 N–H and O–H groups in total. The van der Waals surface area contributed by atoms with Crippen LogP contribution in [0.2, 0.25) is 0 Å². The molecule has 0 atom stereocenters. The van der Waals surface area contributed by atoms with Gasteiger partial charge in [0.15, 0.2) is 0 Å². The summed E-state index contributed by atoms with van der Waals surface area (Å²) in [4.78, 5) is 15.3. The van der Waals surface area contributed by atoms with Crippen LogP contribution in [0.3, 0.4) is 0 Å². The summed E-state index contributed by atoms with van der Waals surface area (Å²) in [6, 6.07) is 22.0. The van der Waals surface area contributed by atoms with Crippen molar-refractivity contribution in [3.05, 3.63) is 89.7 Å². The van der Waals surface area contributed by atoms with Crippen LogP contribution in [0.4, 0.5) is 0 Å². The number of amides is 1. The maximum absolute atomic E-state index is 13.4. The topological polar surface area (TPSA) is 34.5 Å². The highest BCUT2D eigenvalue weighted by molar-refractivity contribution is 5.96. The number of hydrogen-bond donors (Lipinski definition) is 0. The van der Waals surface area contributed by atoms with Crippen molar-refractivity contribution in [2.45, 2.75) is 39.3 Å². The van der Waals surface area contributed by atoms with Crippen LogP contribution in [0.5, 0.6) is 5.75 Å². The summed E-state index contributed by atoms with van der Waals surface area (Å²) in [6.45, 7) is 4.30. The molecule has 152 valence electrons. The number of benzene rings is 2. The smallest absolute Gasteiger partial charge is 0.257 e. The Morgan fingerprint density at radius 2 is 1.72 bits per heavy atom. The number of aromatic nitrogens is 1. The molecular weight excluding hydrogens is 360 g/mol. The number of ether oxygens (including phenoxy) is 1. The number of nitrogens with zero attached hydrogens (tertiary/aromatic N) is 2. The predicted octanol–water partition coefficient (Wildman–Crippen LogP) is 5.38. The van der Waals surface area contributed by atoms with Crippen LogP contribution in [-0.4, -0.2) is 29.0 Å². The van der Waals surface area contributed by atoms with Crippen molar-refractivity contribution < 1.29 is 9.53 Å². The molecular formula is C25H30N2O2. The molecule has 1 heterocycles. The molecule has 1 amide bonds. The quantitative estimate of drug-likeness (QED) is 0.436. The molecule has 4 nitrogen and oxygen atoms in total. The van der Waals surface area contributed by atoms with Gasteiger partial charge in [-0.05, 0) is 36.2 Å². The minimum Gasteiger partial charge on any atom is -0.496 e. The van der Waals surface area contributed by atoms with Gasteiger partial charge in [-0.1, -0.05) is 62.2 Å². The number of methoxy groups -OCH3 is 1. The molecule has 1 aromatic heterocycles. The standard InChI is InChI=1S/C25H30N2O2/c1-3-4-10-17-27(25(28)23-15-8-9-16-24(23)29-2)20-22-14-11-18-26(22)19-21-12-6-5-7-13-21/h5-9,11-16,18H,3-4,10,17,19-20H2,1-2H3. The molecule has 4 heteroatoms. The lowest BCUT2D eigenvalue weighted by Crippen LogP contribution is -2.32. The summed E-state index contributed by atoms with van der Waals surface area (Å²) in [5, 5.41) is 0. The molecule has 0 spiro atoms. The van der Waals surface area contributed by atoms with Crippen molar-refractivity contribution >= 4 is 5.91 Å². The third kappa shape index (κ3) is 5.50. The Morgan fingerprint density at radius 3 is 2.48 bits per heavy atom. The summed E-state index contributed by atoms with van der Waals surface area (Å²) < 4.78 is 7.65. The van der Waals surface area contributed by atoms with Gasteiger partial charge in [-0.25, -0.2) is 0 Å². The Labute approximate surface area is 173 Å². The minimum absolute atomic E-state index is 0.0195. The van der Waals surface area contributed by atoms with Gasteiger partial charge in [0.25, 0.3) is 5.91 Å². The second-order valence-electron chi connectivity index (χ2n) is 7.25. The minimum atomic E-state index is 0.0195. The van der Waals surface area contributed by atoms with E-state index in [2.05, 4.69) is 54.1 Å². The van der Waals surface area contributed by atoms with Gasteiger partial charge in [0.1, 0.15) is 5.75 Å². The summed E-state index contributed by atoms with van der Waals surface area (Å²) >= 11 is 0. The number of rotatable bonds is 10. The average molecular weight is 391 g/mol. The Hall–Kier alpha value is -3.01. The van der Waals surface area contributed by atoms with Crippen LogP contribution in [0.15, 0.2) is 72.9 Å². The molecule has 0 unspecified atom stereocenters. The molecule has 0 fully saturated rings. The van der Waals surface area contributed by atoms with E-state index in [4.69, 9.17) is 4.74 Å². The van der Waals surface area contributed by atoms with E-state index < -0.39 is 0 Å². The molecule has 0 bridgehead atoms. The van der Waals surface area contributed by atoms with E-state index in [-0.39, 0.29) is 5.91 Å². The van der Waals surface area contributed by atoms with Crippen molar-refractivity contribution in [3.8, 4) is 5.75 Å². The van der Waals surface area contributed by atoms with E-state index >= 15 is 0 Å². The van der Waals surface area contributed by atoms with Crippen LogP contribution in [0.1, 0.15) is 47.8 Å². The number of para-hydroxylation sites is 1. The fourth-order valence-corrected chi connectivity index (χ4v) is 3.52. The number of hydrogen-bond acceptors (Lipinski definition) is 2. The van der Waals surface area contributed by atoms with Crippen LogP contribution >= 0.6 is 0 Å². The highest BCUT2D eigenvalue weighted by atomic mass is 16.5. The first kappa shape index (κ1) is 20.7. The summed E-state index contributed by atoms with van der Waals surface area (Å²) in [6.07, 6.45) is 5.32. The molecule has 0 saturated heterocycles. The molecule has 29 heavy (non-hydrogen) atoms. The monoisotopic (exact) mass is 390 g/mol. The van der Waals surface area contributed by atoms with E-state index in [9.17, 15) is 4.79 Å². The normalized spacial score (nSPS) is 10.7. The maximum atomic E-state index is 13.4. The van der Waals surface area contributed by atoms with Crippen molar-refractivity contribution in [3.63, 3.8) is 0 Å². The van der Waals surface area contributed by atoms with Gasteiger partial charge >= 0.3 is 0 Å². The third-order valence-corrected chi connectivity index (χ3v) is 5.13. The summed E-state index contributed by atoms with van der Waals surface area (Å²) in [7, 11) is 1.61. The van der Waals surface area contributed by atoms with Gasteiger partial charge in [0, 0.05) is 25.0 Å². The molecule has 0 aliphatic heterocycles. The zero-order valence-electron chi connectivity index (χ0n) is 17.4. The lowest BCUT2D eigenvalue weighted by atomic mass is 10.1. The first-order valence-corrected chi connectivity index (χ1v) is 10.3. The van der Waals surface area contributed by atoms with Crippen LogP contribution in [-0.2, 0) is 13.1 Å². The first-order valence-electron chi connectivity index (χ1n) is 10.3. The van der Waals surface area contributed by atoms with Crippen molar-refractivity contribution in [2.75, 3.05) is 13.7 Å². The van der Waals surface area contributed by atoms with E-state index in [0.717, 1.165) is 38.0 Å². The summed E-state index contributed by atoms with van der Waals surface area (Å²) in [5.41, 5.74) is 3.00. The van der Waals surface area contributed by atoms with E-state index in [1.807, 2.05) is 35.2 Å². The van der Waals surface area contributed by atoms with Gasteiger partial charge in [0.05, 0.1) is 19.2 Å². The second-order valence-corrected chi connectivity index (χ2v) is 7.25. The van der Waals surface area contributed by atoms with Gasteiger partial charge in [-0.2, -0.15) is 0 Å². The van der Waals surface area contributed by atoms with Crippen LogP contribution in [0.25, 0.3) is 0 Å². The Balaban J connectivity index is 1.81. The Kier molecular flexibility index (Phi) is 7.51. The zero-order valence-corrected chi connectivity index (χ0v) is 17.4. The first-order chi connectivity index (χ1) is 14.2. The largest absolute Gasteiger partial charge is 0.496 e. The lowest BCUT2D eigenvalue weighted by Gasteiger charge is -2.24. The lowest BCUT2D eigenvalue weighted by molar-refractivity contribution is 0.0733. The highest BCUT2D eigenvalue weighted by Gasteiger charge is 2.20. The fourth-order valence-electron chi connectivity index (χ4n) is 3.52. The number of unbranched alkanes of at least 4 members (excludes halogenated alkanes) is 2. The van der Waals surface area contributed by atoms with Crippen molar-refractivity contribution in [2.24, 2.45) is 0 Å². The average Bonchev–Trinajstić information content (AvgIpc) is 3.19. The molecule has 2 aromatic carbocycles. The predicted molar refractivity (Wildman–Crippen MR) is 117 cm³/mol. The molecule has 3 aromatic rings. The Morgan fingerprint density at radius 1 is 0.966 bits per heavy atom. The molecule has 0 radical (unpaired) electrons. The highest BCUT2D eigenvalue weighted by Crippen LogP contribution is 2.21. The summed E-state index contributed by atoms with van der Waals surface area (Å²) in [5.74, 6) is 0.642. The molecule has 0 aliphatic rings. The SMILES string of the molecule is CCCCCN(Cc1cccn1Cc1ccccc1)C(=O)c1ccccc1OC. The second kappa shape index (κ2) is 10.5. The van der Waals surface area contributed by atoms with Crippen LogP contribution in [0, 0.1) is 0 Å². The van der Waals surface area contributed by atoms with Crippen molar-refractivity contribution in [1.29, 1.82) is 0 Å².